The molecular weight excluding hydrogens is 136 g/mol. The Morgan fingerprint density at radius 1 is 1.89 bits per heavy atom. The first kappa shape index (κ1) is 8.11. The Balaban J connectivity index is 3.46. The van der Waals surface area contributed by atoms with Gasteiger partial charge >= 0.3 is 0 Å². The topological polar surface area (TPSA) is 74.2 Å². The highest BCUT2D eigenvalue weighted by atomic mass is 32.1. The van der Waals surface area contributed by atoms with Crippen molar-refractivity contribution in [3.05, 3.63) is 0 Å². The Labute approximate surface area is 59.2 Å². The van der Waals surface area contributed by atoms with Gasteiger partial charge in [-0.3, -0.25) is 10.3 Å². The van der Waals surface area contributed by atoms with Gasteiger partial charge in [0.05, 0.1) is 6.54 Å². The van der Waals surface area contributed by atoms with E-state index in [4.69, 9.17) is 11.0 Å². The third-order valence-electron chi connectivity index (χ3n) is 0.566. The molecular formula is C4H8N4S. The van der Waals surface area contributed by atoms with Crippen molar-refractivity contribution < 1.29 is 0 Å². The fourth-order valence-corrected chi connectivity index (χ4v) is 0.367. The number of rotatable bonds is 2. The zero-order chi connectivity index (χ0) is 7.11. The lowest BCUT2D eigenvalue weighted by molar-refractivity contribution is 1.09. The zero-order valence-electron chi connectivity index (χ0n) is 4.83. The minimum atomic E-state index is 0.145. The molecule has 0 saturated carbocycles. The van der Waals surface area contributed by atoms with Crippen molar-refractivity contribution in [2.45, 2.75) is 0 Å². The Kier molecular flexibility index (Phi) is 4.73. The summed E-state index contributed by atoms with van der Waals surface area (Å²) in [5.41, 5.74) is 5.15. The van der Waals surface area contributed by atoms with Crippen LogP contribution in [0.25, 0.3) is 0 Å². The second-order valence-electron chi connectivity index (χ2n) is 1.23. The van der Waals surface area contributed by atoms with Crippen LogP contribution in [0.4, 0.5) is 0 Å². The van der Waals surface area contributed by atoms with Crippen molar-refractivity contribution in [1.82, 2.24) is 5.32 Å². The van der Waals surface area contributed by atoms with Gasteiger partial charge in [-0.2, -0.15) is 17.9 Å². The van der Waals surface area contributed by atoms with Crippen molar-refractivity contribution in [1.29, 1.82) is 5.26 Å². The molecule has 0 aromatic rings. The molecule has 0 unspecified atom stereocenters. The van der Waals surface area contributed by atoms with Crippen LogP contribution < -0.4 is 11.1 Å². The highest BCUT2D eigenvalue weighted by Gasteiger charge is 1.83. The van der Waals surface area contributed by atoms with Crippen LogP contribution in [-0.4, -0.2) is 18.3 Å². The molecule has 0 fully saturated rings. The second-order valence-corrected chi connectivity index (χ2v) is 1.67. The summed E-state index contributed by atoms with van der Waals surface area (Å²) in [6.45, 7) is 0.531. The van der Waals surface area contributed by atoms with E-state index in [9.17, 15) is 0 Å². The van der Waals surface area contributed by atoms with Crippen LogP contribution in [0.15, 0.2) is 4.99 Å². The molecule has 9 heavy (non-hydrogen) atoms. The number of nitriles is 1. The summed E-state index contributed by atoms with van der Waals surface area (Å²) in [5, 5.41) is 10.2. The van der Waals surface area contributed by atoms with Crippen LogP contribution in [0.5, 0.6) is 0 Å². The summed E-state index contributed by atoms with van der Waals surface area (Å²) in [7, 11) is 0. The summed E-state index contributed by atoms with van der Waals surface area (Å²) in [6, 6.07) is 0. The molecule has 0 radical (unpaired) electrons. The summed E-state index contributed by atoms with van der Waals surface area (Å²) < 4.78 is 0. The Morgan fingerprint density at radius 3 is 3.00 bits per heavy atom. The van der Waals surface area contributed by atoms with E-state index < -0.39 is 0 Å². The smallest absolute Gasteiger partial charge is 0.202 e. The Hall–Kier alpha value is -0.890. The number of aliphatic imine (C=N–C) groups is 1. The number of hydrogen-bond acceptors (Lipinski definition) is 3. The average molecular weight is 144 g/mol. The van der Waals surface area contributed by atoms with Gasteiger partial charge in [0, 0.05) is 5.75 Å². The number of hydrogen-bond donors (Lipinski definition) is 3. The molecule has 4 nitrogen and oxygen atoms in total. The lowest BCUT2D eigenvalue weighted by atomic mass is 10.8. The monoisotopic (exact) mass is 144 g/mol. The van der Waals surface area contributed by atoms with Crippen molar-refractivity contribution in [2.24, 2.45) is 10.7 Å². The predicted octanol–water partition coefficient (Wildman–Crippen LogP) is -0.698. The largest absolute Gasteiger partial charge is 0.369 e. The van der Waals surface area contributed by atoms with Gasteiger partial charge < -0.3 is 5.73 Å². The van der Waals surface area contributed by atoms with Crippen molar-refractivity contribution in [3.8, 4) is 6.19 Å². The molecule has 0 saturated heterocycles. The highest BCUT2D eigenvalue weighted by molar-refractivity contribution is 7.80. The third kappa shape index (κ3) is 4.97. The van der Waals surface area contributed by atoms with E-state index in [1.165, 1.54) is 0 Å². The van der Waals surface area contributed by atoms with E-state index in [0.29, 0.717) is 12.3 Å². The fraction of sp³-hybridized carbons (Fsp3) is 0.500. The number of guanidine groups is 1. The zero-order valence-corrected chi connectivity index (χ0v) is 5.73. The van der Waals surface area contributed by atoms with Crippen LogP contribution in [-0.2, 0) is 0 Å². The SMILES string of the molecule is N#CNC(N)=NCCS. The molecule has 0 aliphatic heterocycles. The van der Waals surface area contributed by atoms with Gasteiger partial charge in [-0.15, -0.1) is 0 Å². The van der Waals surface area contributed by atoms with Crippen LogP contribution in [0.3, 0.4) is 0 Å². The first-order valence-corrected chi connectivity index (χ1v) is 3.00. The van der Waals surface area contributed by atoms with Gasteiger partial charge in [0.1, 0.15) is 0 Å². The Morgan fingerprint density at radius 2 is 2.56 bits per heavy atom. The first-order valence-electron chi connectivity index (χ1n) is 2.37. The lowest BCUT2D eigenvalue weighted by Crippen LogP contribution is -2.27. The van der Waals surface area contributed by atoms with Crippen molar-refractivity contribution >= 4 is 18.6 Å². The minimum Gasteiger partial charge on any atom is -0.369 e. The molecule has 3 N–H and O–H groups in total. The van der Waals surface area contributed by atoms with Gasteiger partial charge in [0.2, 0.25) is 5.96 Å². The maximum absolute atomic E-state index is 7.99. The molecule has 0 heterocycles. The van der Waals surface area contributed by atoms with Gasteiger partial charge in [-0.25, -0.2) is 0 Å². The average Bonchev–Trinajstić information content (AvgIpc) is 1.85. The predicted molar refractivity (Wildman–Crippen MR) is 39.1 cm³/mol. The highest BCUT2D eigenvalue weighted by Crippen LogP contribution is 1.73. The number of nitrogens with one attached hydrogen (secondary N) is 1. The summed E-state index contributed by atoms with van der Waals surface area (Å²) in [6.07, 6.45) is 1.65. The quantitative estimate of drug-likeness (QED) is 0.158. The summed E-state index contributed by atoms with van der Waals surface area (Å²) in [4.78, 5) is 3.72. The fourth-order valence-electron chi connectivity index (χ4n) is 0.267. The van der Waals surface area contributed by atoms with Crippen LogP contribution in [0.2, 0.25) is 0 Å². The molecule has 0 atom stereocenters. The van der Waals surface area contributed by atoms with E-state index in [0.717, 1.165) is 0 Å². The van der Waals surface area contributed by atoms with Crippen LogP contribution >= 0.6 is 12.6 Å². The maximum Gasteiger partial charge on any atom is 0.202 e. The standard InChI is InChI=1S/C4H8N4S/c5-3-8-4(6)7-1-2-9/h9H,1-2H2,(H3,6,7,8). The molecule has 0 amide bonds. The summed E-state index contributed by atoms with van der Waals surface area (Å²) >= 11 is 3.89. The first-order chi connectivity index (χ1) is 4.31. The molecule has 0 spiro atoms. The normalized spacial score (nSPS) is 10.4. The number of thiol groups is 1. The van der Waals surface area contributed by atoms with Gasteiger partial charge in [-0.05, 0) is 0 Å². The van der Waals surface area contributed by atoms with Crippen LogP contribution in [0, 0.1) is 11.5 Å². The van der Waals surface area contributed by atoms with E-state index in [2.05, 4.69) is 22.9 Å². The van der Waals surface area contributed by atoms with Crippen molar-refractivity contribution in [2.75, 3.05) is 12.3 Å². The third-order valence-corrected chi connectivity index (χ3v) is 0.766. The molecule has 0 rings (SSSR count). The maximum atomic E-state index is 7.99. The van der Waals surface area contributed by atoms with Crippen molar-refractivity contribution in [3.63, 3.8) is 0 Å². The van der Waals surface area contributed by atoms with E-state index >= 15 is 0 Å². The number of nitrogens with zero attached hydrogens (tertiary/aromatic N) is 2. The van der Waals surface area contributed by atoms with E-state index in [-0.39, 0.29) is 5.96 Å². The molecule has 0 aliphatic rings. The minimum absolute atomic E-state index is 0.145. The lowest BCUT2D eigenvalue weighted by Gasteiger charge is -1.92. The summed E-state index contributed by atoms with van der Waals surface area (Å²) in [5.74, 6) is 0.778. The van der Waals surface area contributed by atoms with E-state index in [1.807, 2.05) is 0 Å². The molecule has 0 aliphatic carbocycles. The molecule has 5 heteroatoms. The van der Waals surface area contributed by atoms with E-state index in [1.54, 1.807) is 6.19 Å². The Bertz CT molecular complexity index is 136. The van der Waals surface area contributed by atoms with Gasteiger partial charge in [0.25, 0.3) is 0 Å². The van der Waals surface area contributed by atoms with Gasteiger partial charge in [-0.1, -0.05) is 0 Å². The molecule has 0 bridgehead atoms. The molecule has 0 aromatic heterocycles. The molecule has 50 valence electrons. The molecule has 0 aromatic carbocycles. The second kappa shape index (κ2) is 5.25. The van der Waals surface area contributed by atoms with Crippen LogP contribution in [0.1, 0.15) is 0 Å². The number of nitrogens with two attached hydrogens (primary N) is 1. The van der Waals surface area contributed by atoms with Gasteiger partial charge in [0.15, 0.2) is 6.19 Å².